The molecule has 0 bridgehead atoms. The van der Waals surface area contributed by atoms with Crippen molar-refractivity contribution < 1.29 is 14.7 Å². The molecule has 3 N–H and O–H groups in total. The Morgan fingerprint density at radius 2 is 1.89 bits per heavy atom. The zero-order chi connectivity index (χ0) is 13.7. The summed E-state index contributed by atoms with van der Waals surface area (Å²) in [4.78, 5) is 23.3. The molecular weight excluding hydrogens is 244 g/mol. The lowest BCUT2D eigenvalue weighted by Gasteiger charge is -2.30. The number of nitrogens with one attached hydrogen (secondary N) is 2. The molecule has 1 heterocycles. The van der Waals surface area contributed by atoms with E-state index in [0.717, 1.165) is 57.9 Å². The molecule has 0 spiro atoms. The van der Waals surface area contributed by atoms with Gasteiger partial charge in [0.2, 0.25) is 5.91 Å². The molecule has 0 aromatic carbocycles. The fraction of sp³-hybridized carbons (Fsp3) is 0.857. The van der Waals surface area contributed by atoms with Crippen LogP contribution in [0.1, 0.15) is 57.8 Å². The van der Waals surface area contributed by atoms with Crippen LogP contribution in [0, 0.1) is 0 Å². The predicted molar refractivity (Wildman–Crippen MR) is 71.9 cm³/mol. The van der Waals surface area contributed by atoms with Crippen molar-refractivity contribution in [3.8, 4) is 0 Å². The van der Waals surface area contributed by atoms with Crippen LogP contribution in [0.5, 0.6) is 0 Å². The smallest absolute Gasteiger partial charge is 0.305 e. The molecule has 0 radical (unpaired) electrons. The van der Waals surface area contributed by atoms with Gasteiger partial charge in [-0.3, -0.25) is 9.59 Å². The fourth-order valence-corrected chi connectivity index (χ4v) is 3.29. The molecule has 5 heteroatoms. The highest BCUT2D eigenvalue weighted by Crippen LogP contribution is 2.32. The molecule has 1 atom stereocenters. The molecule has 19 heavy (non-hydrogen) atoms. The van der Waals surface area contributed by atoms with Gasteiger partial charge < -0.3 is 15.7 Å². The molecule has 1 unspecified atom stereocenters. The second kappa shape index (κ2) is 6.37. The lowest BCUT2D eigenvalue weighted by atomic mass is 9.92. The van der Waals surface area contributed by atoms with E-state index in [1.54, 1.807) is 0 Å². The third-order valence-electron chi connectivity index (χ3n) is 4.32. The van der Waals surface area contributed by atoms with E-state index in [1.807, 2.05) is 0 Å². The zero-order valence-electron chi connectivity index (χ0n) is 11.4. The summed E-state index contributed by atoms with van der Waals surface area (Å²) < 4.78 is 0. The predicted octanol–water partition coefficient (Wildman–Crippen LogP) is 1.42. The SMILES string of the molecule is O=C(O)CC1(NC(=O)C2CCCCCN2)CCCC1. The van der Waals surface area contributed by atoms with Gasteiger partial charge in [-0.25, -0.2) is 0 Å². The van der Waals surface area contributed by atoms with E-state index in [0.29, 0.717) is 0 Å². The minimum atomic E-state index is -0.823. The number of aliphatic carboxylic acids is 1. The van der Waals surface area contributed by atoms with E-state index in [2.05, 4.69) is 10.6 Å². The fourth-order valence-electron chi connectivity index (χ4n) is 3.29. The summed E-state index contributed by atoms with van der Waals surface area (Å²) >= 11 is 0. The third-order valence-corrected chi connectivity index (χ3v) is 4.32. The molecule has 0 aromatic heterocycles. The van der Waals surface area contributed by atoms with Gasteiger partial charge in [0.25, 0.3) is 0 Å². The maximum Gasteiger partial charge on any atom is 0.305 e. The summed E-state index contributed by atoms with van der Waals surface area (Å²) in [5.74, 6) is -0.832. The average molecular weight is 268 g/mol. The van der Waals surface area contributed by atoms with E-state index in [-0.39, 0.29) is 18.4 Å². The number of carbonyl (C=O) groups is 2. The molecule has 0 aromatic rings. The second-order valence-electron chi connectivity index (χ2n) is 5.90. The Labute approximate surface area is 114 Å². The van der Waals surface area contributed by atoms with Gasteiger partial charge >= 0.3 is 5.97 Å². The van der Waals surface area contributed by atoms with Gasteiger partial charge in [-0.05, 0) is 32.2 Å². The molecule has 1 saturated heterocycles. The zero-order valence-corrected chi connectivity index (χ0v) is 11.4. The Hall–Kier alpha value is -1.10. The number of carboxylic acids is 1. The molecule has 2 fully saturated rings. The molecule has 1 aliphatic heterocycles. The van der Waals surface area contributed by atoms with Crippen LogP contribution in [-0.2, 0) is 9.59 Å². The normalized spacial score (nSPS) is 26.6. The summed E-state index contributed by atoms with van der Waals surface area (Å²) in [5, 5.41) is 15.3. The topological polar surface area (TPSA) is 78.4 Å². The van der Waals surface area contributed by atoms with Gasteiger partial charge in [-0.1, -0.05) is 25.7 Å². The van der Waals surface area contributed by atoms with Gasteiger partial charge in [-0.2, -0.15) is 0 Å². The molecule has 2 aliphatic rings. The lowest BCUT2D eigenvalue weighted by Crippen LogP contribution is -2.54. The van der Waals surface area contributed by atoms with Gasteiger partial charge in [0.1, 0.15) is 0 Å². The van der Waals surface area contributed by atoms with Crippen LogP contribution in [-0.4, -0.2) is 35.1 Å². The summed E-state index contributed by atoms with van der Waals surface area (Å²) in [5.41, 5.74) is -0.503. The van der Waals surface area contributed by atoms with Crippen LogP contribution in [0.3, 0.4) is 0 Å². The summed E-state index contributed by atoms with van der Waals surface area (Å²) in [6.07, 6.45) is 7.84. The summed E-state index contributed by atoms with van der Waals surface area (Å²) in [6.45, 7) is 0.879. The number of amides is 1. The Kier molecular flexibility index (Phi) is 4.80. The van der Waals surface area contributed by atoms with Crippen LogP contribution in [0.2, 0.25) is 0 Å². The van der Waals surface area contributed by atoms with E-state index < -0.39 is 11.5 Å². The van der Waals surface area contributed by atoms with E-state index in [4.69, 9.17) is 5.11 Å². The van der Waals surface area contributed by atoms with Crippen LogP contribution >= 0.6 is 0 Å². The van der Waals surface area contributed by atoms with E-state index in [1.165, 1.54) is 0 Å². The van der Waals surface area contributed by atoms with Crippen molar-refractivity contribution in [1.29, 1.82) is 0 Å². The number of carboxylic acid groups (broad SMARTS) is 1. The van der Waals surface area contributed by atoms with Crippen LogP contribution < -0.4 is 10.6 Å². The standard InChI is InChI=1S/C14H24N2O3/c17-12(18)10-14(7-3-4-8-14)16-13(19)11-6-2-1-5-9-15-11/h11,15H,1-10H2,(H,16,19)(H,17,18). The van der Waals surface area contributed by atoms with Crippen molar-refractivity contribution in [2.24, 2.45) is 0 Å². The molecule has 1 amide bonds. The second-order valence-corrected chi connectivity index (χ2v) is 5.90. The van der Waals surface area contributed by atoms with Gasteiger partial charge in [-0.15, -0.1) is 0 Å². The minimum absolute atomic E-state index is 0.00921. The Bertz CT molecular complexity index is 330. The summed E-state index contributed by atoms with van der Waals surface area (Å²) in [6, 6.07) is -0.145. The van der Waals surface area contributed by atoms with Crippen molar-refractivity contribution in [3.05, 3.63) is 0 Å². The van der Waals surface area contributed by atoms with Crippen LogP contribution in [0.15, 0.2) is 0 Å². The van der Waals surface area contributed by atoms with Crippen molar-refractivity contribution in [2.45, 2.75) is 69.4 Å². The molecule has 1 saturated carbocycles. The first-order chi connectivity index (χ1) is 9.11. The third kappa shape index (κ3) is 3.93. The highest BCUT2D eigenvalue weighted by molar-refractivity contribution is 5.83. The molecule has 5 nitrogen and oxygen atoms in total. The Morgan fingerprint density at radius 1 is 1.16 bits per heavy atom. The number of carbonyl (C=O) groups excluding carboxylic acids is 1. The highest BCUT2D eigenvalue weighted by atomic mass is 16.4. The summed E-state index contributed by atoms with van der Waals surface area (Å²) in [7, 11) is 0. The number of hydrogen-bond donors (Lipinski definition) is 3. The van der Waals surface area contributed by atoms with E-state index in [9.17, 15) is 9.59 Å². The maximum absolute atomic E-state index is 12.3. The molecule has 1 aliphatic carbocycles. The van der Waals surface area contributed by atoms with Crippen molar-refractivity contribution in [3.63, 3.8) is 0 Å². The van der Waals surface area contributed by atoms with Gasteiger partial charge in [0, 0.05) is 0 Å². The number of rotatable bonds is 4. The first-order valence-corrected chi connectivity index (χ1v) is 7.39. The monoisotopic (exact) mass is 268 g/mol. The Balaban J connectivity index is 1.96. The van der Waals surface area contributed by atoms with Crippen molar-refractivity contribution in [2.75, 3.05) is 6.54 Å². The Morgan fingerprint density at radius 3 is 2.58 bits per heavy atom. The number of hydrogen-bond acceptors (Lipinski definition) is 3. The quantitative estimate of drug-likeness (QED) is 0.720. The first-order valence-electron chi connectivity index (χ1n) is 7.39. The largest absolute Gasteiger partial charge is 0.481 e. The molecule has 2 rings (SSSR count). The van der Waals surface area contributed by atoms with Gasteiger partial charge in [0.15, 0.2) is 0 Å². The minimum Gasteiger partial charge on any atom is -0.481 e. The van der Waals surface area contributed by atoms with E-state index >= 15 is 0 Å². The first kappa shape index (κ1) is 14.3. The lowest BCUT2D eigenvalue weighted by molar-refractivity contribution is -0.139. The maximum atomic E-state index is 12.3. The average Bonchev–Trinajstić information content (AvgIpc) is 2.65. The van der Waals surface area contributed by atoms with Crippen molar-refractivity contribution in [1.82, 2.24) is 10.6 Å². The van der Waals surface area contributed by atoms with Crippen LogP contribution in [0.4, 0.5) is 0 Å². The van der Waals surface area contributed by atoms with Gasteiger partial charge in [0.05, 0.1) is 18.0 Å². The molecule has 108 valence electrons. The van der Waals surface area contributed by atoms with Crippen molar-refractivity contribution >= 4 is 11.9 Å². The van der Waals surface area contributed by atoms with Crippen LogP contribution in [0.25, 0.3) is 0 Å². The molecular formula is C14H24N2O3. The highest BCUT2D eigenvalue weighted by Gasteiger charge is 2.38.